The van der Waals surface area contributed by atoms with Crippen LogP contribution in [0.25, 0.3) is 11.3 Å². The first-order valence-electron chi connectivity index (χ1n) is 10.5. The van der Waals surface area contributed by atoms with Crippen molar-refractivity contribution in [2.75, 3.05) is 13.1 Å². The van der Waals surface area contributed by atoms with E-state index in [0.717, 1.165) is 47.1 Å². The fourth-order valence-electron chi connectivity index (χ4n) is 3.44. The van der Waals surface area contributed by atoms with Crippen LogP contribution >= 0.6 is 0 Å². The lowest BCUT2D eigenvalue weighted by Crippen LogP contribution is -2.29. The van der Waals surface area contributed by atoms with Crippen LogP contribution in [0.2, 0.25) is 0 Å². The second-order valence-electron chi connectivity index (χ2n) is 7.72. The molecule has 4 rings (SSSR count). The van der Waals surface area contributed by atoms with Crippen LogP contribution in [-0.2, 0) is 13.1 Å². The number of aromatic nitrogens is 4. The molecule has 0 saturated heterocycles. The molecule has 0 aliphatic carbocycles. The molecule has 3 heterocycles. The number of aryl methyl sites for hydroxylation is 2. The molecule has 4 aromatic rings. The largest absolute Gasteiger partial charge is 0.360 e. The third kappa shape index (κ3) is 5.70. The molecule has 1 aromatic carbocycles. The van der Waals surface area contributed by atoms with Crippen molar-refractivity contribution in [3.63, 3.8) is 0 Å². The lowest BCUT2D eigenvalue weighted by molar-refractivity contribution is 0.0945. The van der Waals surface area contributed by atoms with Gasteiger partial charge in [0.1, 0.15) is 0 Å². The summed E-state index contributed by atoms with van der Waals surface area (Å²) in [5.74, 6) is 1.37. The van der Waals surface area contributed by atoms with E-state index >= 15 is 0 Å². The first kappa shape index (κ1) is 21.5. The van der Waals surface area contributed by atoms with Gasteiger partial charge in [-0.15, -0.1) is 0 Å². The van der Waals surface area contributed by atoms with Gasteiger partial charge >= 0.3 is 0 Å². The Morgan fingerprint density at radius 2 is 1.66 bits per heavy atom. The Morgan fingerprint density at radius 1 is 1.00 bits per heavy atom. The molecule has 0 radical (unpaired) electrons. The zero-order chi connectivity index (χ0) is 22.3. The highest BCUT2D eigenvalue weighted by atomic mass is 16.5. The molecule has 3 aromatic heterocycles. The van der Waals surface area contributed by atoms with Crippen LogP contribution in [0, 0.1) is 13.8 Å². The van der Waals surface area contributed by atoms with E-state index in [1.165, 1.54) is 0 Å². The quantitative estimate of drug-likeness (QED) is 0.367. The van der Waals surface area contributed by atoms with Crippen molar-refractivity contribution in [3.05, 3.63) is 77.1 Å². The average molecular weight is 435 g/mol. The number of benzene rings is 1. The van der Waals surface area contributed by atoms with Gasteiger partial charge in [-0.25, -0.2) is 0 Å². The van der Waals surface area contributed by atoms with Crippen molar-refractivity contribution in [3.8, 4) is 11.3 Å². The highest BCUT2D eigenvalue weighted by Gasteiger charge is 2.14. The molecular weight excluding hydrogens is 408 g/mol. The van der Waals surface area contributed by atoms with Gasteiger partial charge < -0.3 is 14.4 Å². The van der Waals surface area contributed by atoms with Crippen LogP contribution in [0.15, 0.2) is 57.6 Å². The van der Waals surface area contributed by atoms with Crippen LogP contribution < -0.4 is 5.32 Å². The Labute approximate surface area is 185 Å². The molecule has 0 bridgehead atoms. The van der Waals surface area contributed by atoms with Crippen LogP contribution in [-0.4, -0.2) is 44.4 Å². The number of rotatable bonds is 10. The predicted molar refractivity (Wildman–Crippen MR) is 118 cm³/mol. The fourth-order valence-corrected chi connectivity index (χ4v) is 3.44. The molecule has 0 aliphatic rings. The van der Waals surface area contributed by atoms with Gasteiger partial charge in [-0.1, -0.05) is 40.6 Å². The molecule has 0 spiro atoms. The number of hydrogen-bond acceptors (Lipinski definition) is 7. The summed E-state index contributed by atoms with van der Waals surface area (Å²) in [4.78, 5) is 14.6. The van der Waals surface area contributed by atoms with E-state index in [-0.39, 0.29) is 5.91 Å². The SMILES string of the molecule is Cc1cc(CN(CCCNC(=O)c2cc(-c3ccccc3)[nH]n2)Cc2cc(C)no2)on1. The number of carbonyl (C=O) groups is 1. The predicted octanol–water partition coefficient (Wildman–Crippen LogP) is 3.49. The van der Waals surface area contributed by atoms with Crippen molar-refractivity contribution in [2.45, 2.75) is 33.4 Å². The number of amides is 1. The molecule has 9 heteroatoms. The topological polar surface area (TPSA) is 113 Å². The molecule has 0 aliphatic heterocycles. The van der Waals surface area contributed by atoms with E-state index in [4.69, 9.17) is 9.05 Å². The van der Waals surface area contributed by atoms with Crippen molar-refractivity contribution < 1.29 is 13.8 Å². The molecule has 9 nitrogen and oxygen atoms in total. The second kappa shape index (κ2) is 10.1. The number of nitrogens with zero attached hydrogens (tertiary/aromatic N) is 4. The molecular formula is C23H26N6O3. The van der Waals surface area contributed by atoms with E-state index in [2.05, 4.69) is 30.7 Å². The molecule has 0 unspecified atom stereocenters. The maximum absolute atomic E-state index is 12.5. The van der Waals surface area contributed by atoms with Gasteiger partial charge in [-0.2, -0.15) is 5.10 Å². The maximum atomic E-state index is 12.5. The number of H-pyrrole nitrogens is 1. The van der Waals surface area contributed by atoms with Gasteiger partial charge in [0.25, 0.3) is 5.91 Å². The van der Waals surface area contributed by atoms with Gasteiger partial charge in [0.2, 0.25) is 0 Å². The Hall–Kier alpha value is -3.72. The summed E-state index contributed by atoms with van der Waals surface area (Å²) in [6, 6.07) is 15.4. The first-order chi connectivity index (χ1) is 15.6. The van der Waals surface area contributed by atoms with Gasteiger partial charge in [0.15, 0.2) is 17.2 Å². The molecule has 0 fully saturated rings. The van der Waals surface area contributed by atoms with E-state index in [9.17, 15) is 4.79 Å². The molecule has 0 saturated carbocycles. The van der Waals surface area contributed by atoms with Gasteiger partial charge in [0, 0.05) is 25.2 Å². The van der Waals surface area contributed by atoms with E-state index in [1.807, 2.05) is 56.3 Å². The standard InChI is InChI=1S/C23H26N6O3/c1-16-11-19(31-27-16)14-29(15-20-12-17(2)28-32-20)10-6-9-24-23(30)22-13-21(25-26-22)18-7-4-3-5-8-18/h3-5,7-8,11-13H,6,9-10,14-15H2,1-2H3,(H,24,30)(H,25,26). The van der Waals surface area contributed by atoms with Crippen molar-refractivity contribution in [1.29, 1.82) is 0 Å². The Balaban J connectivity index is 1.29. The average Bonchev–Trinajstić information content (AvgIpc) is 3.53. The zero-order valence-corrected chi connectivity index (χ0v) is 18.2. The number of aromatic amines is 1. The Morgan fingerprint density at radius 3 is 2.25 bits per heavy atom. The second-order valence-corrected chi connectivity index (χ2v) is 7.72. The molecule has 32 heavy (non-hydrogen) atoms. The van der Waals surface area contributed by atoms with E-state index in [0.29, 0.717) is 25.3 Å². The van der Waals surface area contributed by atoms with Crippen LogP contribution in [0.5, 0.6) is 0 Å². The molecule has 2 N–H and O–H groups in total. The highest BCUT2D eigenvalue weighted by Crippen LogP contribution is 2.17. The summed E-state index contributed by atoms with van der Waals surface area (Å²) in [7, 11) is 0. The fraction of sp³-hybridized carbons (Fsp3) is 0.304. The van der Waals surface area contributed by atoms with Crippen LogP contribution in [0.3, 0.4) is 0 Å². The monoisotopic (exact) mass is 434 g/mol. The third-order valence-electron chi connectivity index (χ3n) is 4.94. The number of carbonyl (C=O) groups excluding carboxylic acids is 1. The summed E-state index contributed by atoms with van der Waals surface area (Å²) >= 11 is 0. The minimum absolute atomic E-state index is 0.202. The highest BCUT2D eigenvalue weighted by molar-refractivity contribution is 5.93. The van der Waals surface area contributed by atoms with Crippen molar-refractivity contribution in [2.24, 2.45) is 0 Å². The zero-order valence-electron chi connectivity index (χ0n) is 18.2. The minimum atomic E-state index is -0.202. The summed E-state index contributed by atoms with van der Waals surface area (Å²) in [5.41, 5.74) is 3.86. The molecule has 166 valence electrons. The van der Waals surface area contributed by atoms with Crippen LogP contribution in [0.4, 0.5) is 0 Å². The minimum Gasteiger partial charge on any atom is -0.360 e. The molecule has 1 amide bonds. The number of hydrogen-bond donors (Lipinski definition) is 2. The first-order valence-corrected chi connectivity index (χ1v) is 10.5. The summed E-state index contributed by atoms with van der Waals surface area (Å²) in [6.07, 6.45) is 0.752. The van der Waals surface area contributed by atoms with Crippen LogP contribution in [0.1, 0.15) is 39.8 Å². The number of nitrogens with one attached hydrogen (secondary N) is 2. The smallest absolute Gasteiger partial charge is 0.271 e. The maximum Gasteiger partial charge on any atom is 0.271 e. The molecule has 0 atom stereocenters. The summed E-state index contributed by atoms with van der Waals surface area (Å²) in [5, 5.41) is 17.9. The lowest BCUT2D eigenvalue weighted by atomic mass is 10.1. The van der Waals surface area contributed by atoms with Gasteiger partial charge in [-0.05, 0) is 31.9 Å². The normalized spacial score (nSPS) is 11.2. The Bertz CT molecular complexity index is 1110. The van der Waals surface area contributed by atoms with E-state index < -0.39 is 0 Å². The van der Waals surface area contributed by atoms with Crippen molar-refractivity contribution in [1.82, 2.24) is 30.7 Å². The van der Waals surface area contributed by atoms with E-state index in [1.54, 1.807) is 6.07 Å². The lowest BCUT2D eigenvalue weighted by Gasteiger charge is -2.19. The summed E-state index contributed by atoms with van der Waals surface area (Å²) < 4.78 is 10.7. The third-order valence-corrected chi connectivity index (χ3v) is 4.94. The van der Waals surface area contributed by atoms with Gasteiger partial charge in [0.05, 0.1) is 30.2 Å². The Kier molecular flexibility index (Phi) is 6.76. The van der Waals surface area contributed by atoms with Gasteiger partial charge in [-0.3, -0.25) is 14.8 Å². The van der Waals surface area contributed by atoms with Crippen molar-refractivity contribution >= 4 is 5.91 Å². The summed E-state index contributed by atoms with van der Waals surface area (Å²) in [6.45, 7) is 6.22.